The average Bonchev–Trinajstić information content (AvgIpc) is 2.29. The van der Waals surface area contributed by atoms with Gasteiger partial charge in [-0.1, -0.05) is 15.9 Å². The maximum absolute atomic E-state index is 12.2. The van der Waals surface area contributed by atoms with Crippen molar-refractivity contribution >= 4 is 26.0 Å². The third kappa shape index (κ3) is 3.51. The summed E-state index contributed by atoms with van der Waals surface area (Å²) < 4.78 is 26.6. The Morgan fingerprint density at radius 2 is 2.06 bits per heavy atom. The Bertz CT molecular complexity index is 488. The summed E-state index contributed by atoms with van der Waals surface area (Å²) in [6.45, 7) is 2.79. The average molecular weight is 321 g/mol. The van der Waals surface area contributed by atoms with Gasteiger partial charge in [0.05, 0.1) is 4.90 Å². The summed E-state index contributed by atoms with van der Waals surface area (Å²) in [5.41, 5.74) is 6.28. The van der Waals surface area contributed by atoms with Gasteiger partial charge in [0.25, 0.3) is 0 Å². The van der Waals surface area contributed by atoms with E-state index in [1.807, 2.05) is 6.92 Å². The van der Waals surface area contributed by atoms with Gasteiger partial charge in [-0.3, -0.25) is 0 Å². The van der Waals surface area contributed by atoms with Crippen LogP contribution in [0.4, 0.5) is 0 Å². The van der Waals surface area contributed by atoms with Gasteiger partial charge in [0.2, 0.25) is 10.0 Å². The Morgan fingerprint density at radius 1 is 1.41 bits per heavy atom. The van der Waals surface area contributed by atoms with Gasteiger partial charge in [0.1, 0.15) is 0 Å². The van der Waals surface area contributed by atoms with Gasteiger partial charge < -0.3 is 5.73 Å². The lowest BCUT2D eigenvalue weighted by atomic mass is 10.2. The molecule has 0 fully saturated rings. The van der Waals surface area contributed by atoms with E-state index in [4.69, 9.17) is 5.73 Å². The molecule has 17 heavy (non-hydrogen) atoms. The summed E-state index contributed by atoms with van der Waals surface area (Å²) in [5, 5.41) is 0. The first kappa shape index (κ1) is 14.6. The molecule has 0 spiro atoms. The lowest BCUT2D eigenvalue weighted by Gasteiger charge is -2.17. The summed E-state index contributed by atoms with van der Waals surface area (Å²) >= 11 is 3.35. The fourth-order valence-electron chi connectivity index (χ4n) is 1.39. The molecule has 0 aliphatic rings. The highest BCUT2D eigenvalue weighted by atomic mass is 79.9. The second-order valence-corrected chi connectivity index (χ2v) is 6.78. The van der Waals surface area contributed by atoms with Crippen molar-refractivity contribution in [2.24, 2.45) is 5.73 Å². The zero-order valence-electron chi connectivity index (χ0n) is 9.98. The second-order valence-electron chi connectivity index (χ2n) is 3.88. The van der Waals surface area contributed by atoms with Crippen LogP contribution in [0, 0.1) is 6.92 Å². The van der Waals surface area contributed by atoms with Crippen LogP contribution in [-0.4, -0.2) is 32.9 Å². The molecule has 6 heteroatoms. The normalized spacial score (nSPS) is 12.1. The molecule has 0 saturated heterocycles. The zero-order chi connectivity index (χ0) is 13.1. The molecule has 0 bridgehead atoms. The summed E-state index contributed by atoms with van der Waals surface area (Å²) in [6, 6.07) is 5.02. The molecule has 1 aromatic carbocycles. The Labute approximate surface area is 111 Å². The standard InChI is InChI=1S/C11H17BrN2O2S/c1-9-8-10(4-5-11(9)12)17(15,16)14(2)7-3-6-13/h4-5,8H,3,6-7,13H2,1-2H3. The number of hydrogen-bond donors (Lipinski definition) is 1. The van der Waals surface area contributed by atoms with Crippen molar-refractivity contribution < 1.29 is 8.42 Å². The third-order valence-electron chi connectivity index (χ3n) is 2.51. The minimum Gasteiger partial charge on any atom is -0.330 e. The molecular formula is C11H17BrN2O2S. The minimum atomic E-state index is -3.39. The van der Waals surface area contributed by atoms with Gasteiger partial charge >= 0.3 is 0 Å². The van der Waals surface area contributed by atoms with E-state index < -0.39 is 10.0 Å². The smallest absolute Gasteiger partial charge is 0.242 e. The monoisotopic (exact) mass is 320 g/mol. The van der Waals surface area contributed by atoms with E-state index in [0.29, 0.717) is 24.4 Å². The van der Waals surface area contributed by atoms with Crippen molar-refractivity contribution in [3.63, 3.8) is 0 Å². The molecule has 4 nitrogen and oxygen atoms in total. The second kappa shape index (κ2) is 5.95. The number of benzene rings is 1. The molecular weight excluding hydrogens is 304 g/mol. The number of halogens is 1. The molecule has 0 atom stereocenters. The molecule has 96 valence electrons. The first-order valence-electron chi connectivity index (χ1n) is 5.32. The van der Waals surface area contributed by atoms with Crippen LogP contribution in [0.3, 0.4) is 0 Å². The van der Waals surface area contributed by atoms with Crippen molar-refractivity contribution in [1.82, 2.24) is 4.31 Å². The zero-order valence-corrected chi connectivity index (χ0v) is 12.4. The van der Waals surface area contributed by atoms with Gasteiger partial charge in [0.15, 0.2) is 0 Å². The molecule has 0 saturated carbocycles. The Morgan fingerprint density at radius 3 is 2.59 bits per heavy atom. The van der Waals surface area contributed by atoms with E-state index in [9.17, 15) is 8.42 Å². The molecule has 0 amide bonds. The number of nitrogens with zero attached hydrogens (tertiary/aromatic N) is 1. The molecule has 0 unspecified atom stereocenters. The van der Waals surface area contributed by atoms with E-state index in [1.165, 1.54) is 4.31 Å². The minimum absolute atomic E-state index is 0.317. The maximum atomic E-state index is 12.2. The predicted octanol–water partition coefficient (Wildman–Crippen LogP) is 1.73. The van der Waals surface area contributed by atoms with E-state index in [0.717, 1.165) is 10.0 Å². The molecule has 2 N–H and O–H groups in total. The fourth-order valence-corrected chi connectivity index (χ4v) is 2.93. The van der Waals surface area contributed by atoms with Crippen LogP contribution < -0.4 is 5.73 Å². The van der Waals surface area contributed by atoms with Gasteiger partial charge in [-0.2, -0.15) is 0 Å². The van der Waals surface area contributed by atoms with Crippen LogP contribution in [0.2, 0.25) is 0 Å². The molecule has 0 aliphatic heterocycles. The highest BCUT2D eigenvalue weighted by Crippen LogP contribution is 2.22. The Balaban J connectivity index is 3.00. The number of rotatable bonds is 5. The summed E-state index contributed by atoms with van der Waals surface area (Å²) in [7, 11) is -1.82. The molecule has 0 radical (unpaired) electrons. The van der Waals surface area contributed by atoms with Crippen molar-refractivity contribution in [3.05, 3.63) is 28.2 Å². The first-order chi connectivity index (χ1) is 7.89. The lowest BCUT2D eigenvalue weighted by Crippen LogP contribution is -2.29. The van der Waals surface area contributed by atoms with E-state index in [1.54, 1.807) is 25.2 Å². The number of hydrogen-bond acceptors (Lipinski definition) is 3. The first-order valence-corrected chi connectivity index (χ1v) is 7.55. The lowest BCUT2D eigenvalue weighted by molar-refractivity contribution is 0.463. The van der Waals surface area contributed by atoms with Crippen LogP contribution in [-0.2, 0) is 10.0 Å². The van der Waals surface area contributed by atoms with E-state index in [-0.39, 0.29) is 0 Å². The van der Waals surface area contributed by atoms with Crippen LogP contribution >= 0.6 is 15.9 Å². The Kier molecular flexibility index (Phi) is 5.12. The largest absolute Gasteiger partial charge is 0.330 e. The van der Waals surface area contributed by atoms with Crippen LogP contribution in [0.5, 0.6) is 0 Å². The molecule has 0 aromatic heterocycles. The quantitative estimate of drug-likeness (QED) is 0.898. The SMILES string of the molecule is Cc1cc(S(=O)(=O)N(C)CCCN)ccc1Br. The predicted molar refractivity (Wildman–Crippen MR) is 72.4 cm³/mol. The van der Waals surface area contributed by atoms with Crippen molar-refractivity contribution in [2.45, 2.75) is 18.2 Å². The fraction of sp³-hybridized carbons (Fsp3) is 0.455. The highest BCUT2D eigenvalue weighted by molar-refractivity contribution is 9.10. The third-order valence-corrected chi connectivity index (χ3v) is 5.26. The Hall–Kier alpha value is -0.430. The van der Waals surface area contributed by atoms with Gasteiger partial charge in [-0.25, -0.2) is 12.7 Å². The van der Waals surface area contributed by atoms with Gasteiger partial charge in [-0.15, -0.1) is 0 Å². The number of sulfonamides is 1. The van der Waals surface area contributed by atoms with Crippen LogP contribution in [0.1, 0.15) is 12.0 Å². The molecule has 1 rings (SSSR count). The topological polar surface area (TPSA) is 63.4 Å². The van der Waals surface area contributed by atoms with Crippen molar-refractivity contribution in [3.8, 4) is 0 Å². The van der Waals surface area contributed by atoms with E-state index >= 15 is 0 Å². The maximum Gasteiger partial charge on any atom is 0.242 e. The number of aryl methyl sites for hydroxylation is 1. The number of nitrogens with two attached hydrogens (primary N) is 1. The summed E-state index contributed by atoms with van der Waals surface area (Å²) in [5.74, 6) is 0. The highest BCUT2D eigenvalue weighted by Gasteiger charge is 2.20. The molecule has 0 heterocycles. The molecule has 1 aromatic rings. The van der Waals surface area contributed by atoms with Crippen LogP contribution in [0.15, 0.2) is 27.6 Å². The van der Waals surface area contributed by atoms with Gasteiger partial charge in [-0.05, 0) is 43.7 Å². The summed E-state index contributed by atoms with van der Waals surface area (Å²) in [4.78, 5) is 0.317. The van der Waals surface area contributed by atoms with Crippen molar-refractivity contribution in [2.75, 3.05) is 20.1 Å². The summed E-state index contributed by atoms with van der Waals surface area (Å²) in [6.07, 6.45) is 0.658. The van der Waals surface area contributed by atoms with Gasteiger partial charge in [0, 0.05) is 18.1 Å². The molecule has 0 aliphatic carbocycles. The van der Waals surface area contributed by atoms with Crippen molar-refractivity contribution in [1.29, 1.82) is 0 Å². The van der Waals surface area contributed by atoms with E-state index in [2.05, 4.69) is 15.9 Å². The van der Waals surface area contributed by atoms with Crippen LogP contribution in [0.25, 0.3) is 0 Å².